The van der Waals surface area contributed by atoms with Gasteiger partial charge in [-0.05, 0) is 73.9 Å². The SMILES string of the molecule is CN(C(=O)c1ccc(NC(=O)CNc2cccc(C(=O)N3CCCCC3)c2)cc1)c1ccccc1. The Bertz CT molecular complexity index is 1170. The van der Waals surface area contributed by atoms with Gasteiger partial charge in [-0.25, -0.2) is 0 Å². The number of likely N-dealkylation sites (tertiary alicyclic amines) is 1. The molecule has 0 aliphatic carbocycles. The van der Waals surface area contributed by atoms with Crippen molar-refractivity contribution in [2.75, 3.05) is 42.2 Å². The first-order valence-corrected chi connectivity index (χ1v) is 11.9. The van der Waals surface area contributed by atoms with Gasteiger partial charge in [-0.3, -0.25) is 14.4 Å². The van der Waals surface area contributed by atoms with Gasteiger partial charge in [0.05, 0.1) is 6.54 Å². The summed E-state index contributed by atoms with van der Waals surface area (Å²) in [7, 11) is 1.73. The number of amides is 3. The lowest BCUT2D eigenvalue weighted by Gasteiger charge is -2.26. The minimum Gasteiger partial charge on any atom is -0.376 e. The van der Waals surface area contributed by atoms with E-state index in [1.165, 1.54) is 6.42 Å². The summed E-state index contributed by atoms with van der Waals surface area (Å²) in [6.45, 7) is 1.65. The van der Waals surface area contributed by atoms with Gasteiger partial charge >= 0.3 is 0 Å². The summed E-state index contributed by atoms with van der Waals surface area (Å²) < 4.78 is 0. The average molecular weight is 471 g/mol. The van der Waals surface area contributed by atoms with Crippen molar-refractivity contribution in [3.8, 4) is 0 Å². The van der Waals surface area contributed by atoms with Gasteiger partial charge in [0.25, 0.3) is 11.8 Å². The Morgan fingerprint density at radius 3 is 2.23 bits per heavy atom. The molecular weight excluding hydrogens is 440 g/mol. The van der Waals surface area contributed by atoms with Crippen LogP contribution in [0, 0.1) is 0 Å². The molecule has 7 heteroatoms. The van der Waals surface area contributed by atoms with Gasteiger partial charge in [-0.1, -0.05) is 24.3 Å². The fourth-order valence-electron chi connectivity index (χ4n) is 4.09. The minimum atomic E-state index is -0.224. The maximum absolute atomic E-state index is 12.7. The molecular formula is C28H30N4O3. The number of carbonyl (C=O) groups excluding carboxylic acids is 3. The second-order valence-electron chi connectivity index (χ2n) is 8.61. The molecule has 1 heterocycles. The number of anilines is 3. The molecule has 7 nitrogen and oxygen atoms in total. The van der Waals surface area contributed by atoms with Gasteiger partial charge in [0.15, 0.2) is 0 Å². The van der Waals surface area contributed by atoms with E-state index in [4.69, 9.17) is 0 Å². The van der Waals surface area contributed by atoms with E-state index in [1.807, 2.05) is 47.4 Å². The number of nitrogens with zero attached hydrogens (tertiary/aromatic N) is 2. The first kappa shape index (κ1) is 24.0. The second-order valence-corrected chi connectivity index (χ2v) is 8.61. The Morgan fingerprint density at radius 1 is 0.800 bits per heavy atom. The average Bonchev–Trinajstić information content (AvgIpc) is 2.92. The highest BCUT2D eigenvalue weighted by molar-refractivity contribution is 6.06. The van der Waals surface area contributed by atoms with Crippen LogP contribution in [0.25, 0.3) is 0 Å². The summed E-state index contributed by atoms with van der Waals surface area (Å²) in [6.07, 6.45) is 3.26. The number of carbonyl (C=O) groups is 3. The third-order valence-electron chi connectivity index (χ3n) is 6.07. The largest absolute Gasteiger partial charge is 0.376 e. The molecule has 0 saturated carbocycles. The molecule has 1 saturated heterocycles. The zero-order chi connectivity index (χ0) is 24.6. The predicted molar refractivity (Wildman–Crippen MR) is 139 cm³/mol. The van der Waals surface area contributed by atoms with Crippen LogP contribution in [0.1, 0.15) is 40.0 Å². The fraction of sp³-hybridized carbons (Fsp3) is 0.250. The van der Waals surface area contributed by atoms with Crippen molar-refractivity contribution >= 4 is 34.8 Å². The second kappa shape index (κ2) is 11.3. The van der Waals surface area contributed by atoms with Gasteiger partial charge in [-0.2, -0.15) is 0 Å². The van der Waals surface area contributed by atoms with Crippen LogP contribution in [0.5, 0.6) is 0 Å². The van der Waals surface area contributed by atoms with Crippen LogP contribution in [-0.2, 0) is 4.79 Å². The highest BCUT2D eigenvalue weighted by Gasteiger charge is 2.18. The molecule has 0 spiro atoms. The summed E-state index contributed by atoms with van der Waals surface area (Å²) in [5, 5.41) is 5.91. The molecule has 180 valence electrons. The molecule has 1 aliphatic heterocycles. The lowest BCUT2D eigenvalue weighted by molar-refractivity contribution is -0.114. The molecule has 1 fully saturated rings. The van der Waals surface area contributed by atoms with Crippen molar-refractivity contribution in [3.63, 3.8) is 0 Å². The fourth-order valence-corrected chi connectivity index (χ4v) is 4.09. The maximum Gasteiger partial charge on any atom is 0.258 e. The highest BCUT2D eigenvalue weighted by Crippen LogP contribution is 2.18. The Balaban J connectivity index is 1.30. The number of benzene rings is 3. The zero-order valence-corrected chi connectivity index (χ0v) is 19.9. The first-order valence-electron chi connectivity index (χ1n) is 11.9. The van der Waals surface area contributed by atoms with Crippen molar-refractivity contribution in [2.24, 2.45) is 0 Å². The molecule has 0 radical (unpaired) electrons. The van der Waals surface area contributed by atoms with E-state index in [0.717, 1.165) is 31.6 Å². The molecule has 3 aromatic carbocycles. The summed E-state index contributed by atoms with van der Waals surface area (Å²) in [5.41, 5.74) is 3.28. The van der Waals surface area contributed by atoms with Gasteiger partial charge in [0, 0.05) is 48.3 Å². The van der Waals surface area contributed by atoms with E-state index in [-0.39, 0.29) is 24.3 Å². The molecule has 3 amide bonds. The molecule has 35 heavy (non-hydrogen) atoms. The van der Waals surface area contributed by atoms with Crippen molar-refractivity contribution in [1.82, 2.24) is 4.90 Å². The topological polar surface area (TPSA) is 81.8 Å². The van der Waals surface area contributed by atoms with E-state index in [1.54, 1.807) is 48.3 Å². The van der Waals surface area contributed by atoms with Crippen LogP contribution >= 0.6 is 0 Å². The molecule has 2 N–H and O–H groups in total. The molecule has 4 rings (SSSR count). The maximum atomic E-state index is 12.7. The molecule has 0 bridgehead atoms. The lowest BCUT2D eigenvalue weighted by Crippen LogP contribution is -2.35. The van der Waals surface area contributed by atoms with Crippen LogP contribution in [-0.4, -0.2) is 49.3 Å². The van der Waals surface area contributed by atoms with Crippen molar-refractivity contribution in [2.45, 2.75) is 19.3 Å². The summed E-state index contributed by atoms with van der Waals surface area (Å²) in [5.74, 6) is -0.321. The highest BCUT2D eigenvalue weighted by atomic mass is 16.2. The predicted octanol–water partition coefficient (Wildman–Crippen LogP) is 4.64. The van der Waals surface area contributed by atoms with E-state index < -0.39 is 0 Å². The Kier molecular flexibility index (Phi) is 7.77. The van der Waals surface area contributed by atoms with E-state index >= 15 is 0 Å². The molecule has 0 unspecified atom stereocenters. The lowest BCUT2D eigenvalue weighted by atomic mass is 10.1. The van der Waals surface area contributed by atoms with E-state index in [2.05, 4.69) is 10.6 Å². The Labute approximate surface area is 205 Å². The van der Waals surface area contributed by atoms with Crippen LogP contribution in [0.3, 0.4) is 0 Å². The summed E-state index contributed by atoms with van der Waals surface area (Å²) >= 11 is 0. The smallest absolute Gasteiger partial charge is 0.258 e. The molecule has 0 aromatic heterocycles. The number of hydrogen-bond donors (Lipinski definition) is 2. The molecule has 0 atom stereocenters. The Hall–Kier alpha value is -4.13. The van der Waals surface area contributed by atoms with Crippen LogP contribution < -0.4 is 15.5 Å². The minimum absolute atomic E-state index is 0.0327. The number of rotatable bonds is 7. The van der Waals surface area contributed by atoms with Crippen LogP contribution in [0.2, 0.25) is 0 Å². The molecule has 3 aromatic rings. The first-order chi connectivity index (χ1) is 17.0. The van der Waals surface area contributed by atoms with Crippen LogP contribution in [0.15, 0.2) is 78.9 Å². The van der Waals surface area contributed by atoms with Crippen LogP contribution in [0.4, 0.5) is 17.1 Å². The zero-order valence-electron chi connectivity index (χ0n) is 19.9. The molecule has 1 aliphatic rings. The van der Waals surface area contributed by atoms with Crippen molar-refractivity contribution in [3.05, 3.63) is 90.0 Å². The van der Waals surface area contributed by atoms with Gasteiger partial charge < -0.3 is 20.4 Å². The Morgan fingerprint density at radius 2 is 1.51 bits per heavy atom. The standard InChI is InChI=1S/C28H30N4O3/c1-31(25-11-4-2-5-12-25)27(34)21-13-15-23(16-14-21)30-26(33)20-29-24-10-8-9-22(19-24)28(35)32-17-6-3-7-18-32/h2,4-5,8-16,19,29H,3,6-7,17-18,20H2,1H3,(H,30,33). The normalized spacial score (nSPS) is 13.1. The van der Waals surface area contributed by atoms with Gasteiger partial charge in [0.1, 0.15) is 0 Å². The monoisotopic (exact) mass is 470 g/mol. The third kappa shape index (κ3) is 6.26. The summed E-state index contributed by atoms with van der Waals surface area (Å²) in [6, 6.07) is 23.5. The van der Waals surface area contributed by atoms with Crippen molar-refractivity contribution in [1.29, 1.82) is 0 Å². The van der Waals surface area contributed by atoms with E-state index in [9.17, 15) is 14.4 Å². The number of piperidine rings is 1. The quantitative estimate of drug-likeness (QED) is 0.527. The van der Waals surface area contributed by atoms with Gasteiger partial charge in [-0.15, -0.1) is 0 Å². The summed E-state index contributed by atoms with van der Waals surface area (Å²) in [4.78, 5) is 41.4. The van der Waals surface area contributed by atoms with E-state index in [0.29, 0.717) is 22.5 Å². The number of para-hydroxylation sites is 1. The number of nitrogens with one attached hydrogen (secondary N) is 2. The van der Waals surface area contributed by atoms with Gasteiger partial charge in [0.2, 0.25) is 5.91 Å². The third-order valence-corrected chi connectivity index (χ3v) is 6.07. The van der Waals surface area contributed by atoms with Crippen molar-refractivity contribution < 1.29 is 14.4 Å². The number of hydrogen-bond acceptors (Lipinski definition) is 4.